The summed E-state index contributed by atoms with van der Waals surface area (Å²) in [5.41, 5.74) is -7.87. The molecule has 1 saturated heterocycles. The number of halogens is 8. The smallest absolute Gasteiger partial charge is 0.435 e. The molecule has 5 rings (SSSR count). The number of hydrogen-bond donors (Lipinski definition) is 1. The SMILES string of the molecule is C[C@@H]1C[C@H](C(=O)N2CC[C@@]3(S(=O)(=O)c4ccc(F)cc4)c4ccc(C(F)(C(F)(F)F)C(F)(F)F)cc4CC[C@@H]23)CC[C@H]1C(=O)O. The van der Waals surface area contributed by atoms with Crippen molar-refractivity contribution in [2.24, 2.45) is 17.8 Å². The van der Waals surface area contributed by atoms with Gasteiger partial charge in [-0.3, -0.25) is 9.59 Å². The molecule has 0 spiro atoms. The number of carboxylic acid groups (broad SMARTS) is 1. The van der Waals surface area contributed by atoms with Crippen LogP contribution in [-0.2, 0) is 36.3 Å². The van der Waals surface area contributed by atoms with E-state index in [1.165, 1.54) is 4.90 Å². The number of rotatable bonds is 5. The van der Waals surface area contributed by atoms with Gasteiger partial charge in [0.15, 0.2) is 9.84 Å². The molecule has 0 radical (unpaired) electrons. The van der Waals surface area contributed by atoms with Crippen molar-refractivity contribution in [3.8, 4) is 0 Å². The first-order valence-corrected chi connectivity index (χ1v) is 15.8. The number of amides is 1. The van der Waals surface area contributed by atoms with E-state index < -0.39 is 73.7 Å². The van der Waals surface area contributed by atoms with Crippen LogP contribution < -0.4 is 0 Å². The van der Waals surface area contributed by atoms with Gasteiger partial charge in [0.2, 0.25) is 5.91 Å². The van der Waals surface area contributed by atoms with E-state index in [0.29, 0.717) is 6.07 Å². The maximum atomic E-state index is 15.0. The minimum Gasteiger partial charge on any atom is -0.481 e. The van der Waals surface area contributed by atoms with Crippen LogP contribution in [0.3, 0.4) is 0 Å². The number of benzene rings is 2. The van der Waals surface area contributed by atoms with Crippen molar-refractivity contribution in [1.82, 2.24) is 4.90 Å². The van der Waals surface area contributed by atoms with Gasteiger partial charge in [0.05, 0.1) is 16.9 Å². The lowest BCUT2D eigenvalue weighted by Crippen LogP contribution is -2.54. The van der Waals surface area contributed by atoms with Gasteiger partial charge < -0.3 is 10.0 Å². The zero-order valence-electron chi connectivity index (χ0n) is 23.8. The number of fused-ring (bicyclic) bond motifs is 3. The van der Waals surface area contributed by atoms with Crippen molar-refractivity contribution in [3.05, 3.63) is 65.0 Å². The molecule has 3 aliphatic rings. The summed E-state index contributed by atoms with van der Waals surface area (Å²) in [6.45, 7) is 1.57. The van der Waals surface area contributed by atoms with Crippen LogP contribution in [0.4, 0.5) is 35.1 Å². The number of carbonyl (C=O) groups excluding carboxylic acids is 1. The number of sulfone groups is 1. The Labute approximate surface area is 253 Å². The Balaban J connectivity index is 1.62. The summed E-state index contributed by atoms with van der Waals surface area (Å²) in [5.74, 6) is -3.81. The highest BCUT2D eigenvalue weighted by atomic mass is 32.2. The first-order valence-electron chi connectivity index (χ1n) is 14.3. The van der Waals surface area contributed by atoms with Crippen LogP contribution in [0.25, 0.3) is 0 Å². The second kappa shape index (κ2) is 10.9. The van der Waals surface area contributed by atoms with Crippen LogP contribution >= 0.6 is 0 Å². The van der Waals surface area contributed by atoms with Crippen LogP contribution in [0, 0.1) is 23.6 Å². The number of likely N-dealkylation sites (tertiary alicyclic amines) is 1. The summed E-state index contributed by atoms with van der Waals surface area (Å²) in [6.07, 6.45) is -12.8. The second-order valence-corrected chi connectivity index (χ2v) is 14.3. The summed E-state index contributed by atoms with van der Waals surface area (Å²) in [4.78, 5) is 26.4. The Morgan fingerprint density at radius 1 is 0.933 bits per heavy atom. The minimum absolute atomic E-state index is 0.128. The van der Waals surface area contributed by atoms with E-state index in [2.05, 4.69) is 0 Å². The van der Waals surface area contributed by atoms with Crippen LogP contribution in [0.2, 0.25) is 0 Å². The molecule has 2 aromatic carbocycles. The molecule has 1 saturated carbocycles. The lowest BCUT2D eigenvalue weighted by Gasteiger charge is -2.44. The molecule has 246 valence electrons. The van der Waals surface area contributed by atoms with Gasteiger partial charge >= 0.3 is 24.0 Å². The van der Waals surface area contributed by atoms with Crippen molar-refractivity contribution in [2.75, 3.05) is 6.54 Å². The zero-order chi connectivity index (χ0) is 33.3. The number of carbonyl (C=O) groups is 2. The van der Waals surface area contributed by atoms with Crippen molar-refractivity contribution in [2.45, 2.75) is 79.2 Å². The molecular weight excluding hydrogens is 638 g/mol. The standard InChI is InChI=1S/C30H29F8NO5S/c1-16-14-18(2-9-22(16)26(41)42)25(40)39-13-12-27(45(43,44)21-7-5-20(31)6-8-21)23-10-4-19(15-17(23)3-11-24(27)39)28(32,29(33,34)35)30(36,37)38/h4-8,10,15-16,18,22,24H,2-3,9,11-14H2,1H3,(H,41,42)/t16-,18-,22-,24-,27-/m1/s1. The number of hydrogen-bond acceptors (Lipinski definition) is 4. The molecule has 0 bridgehead atoms. The number of nitrogens with zero attached hydrogens (tertiary/aromatic N) is 1. The molecule has 2 fully saturated rings. The fourth-order valence-electron chi connectivity index (χ4n) is 7.54. The highest BCUT2D eigenvalue weighted by Gasteiger charge is 2.74. The van der Waals surface area contributed by atoms with Crippen molar-refractivity contribution < 1.29 is 58.2 Å². The van der Waals surface area contributed by atoms with Gasteiger partial charge in [0.1, 0.15) is 10.6 Å². The summed E-state index contributed by atoms with van der Waals surface area (Å²) < 4.78 is 137. The zero-order valence-corrected chi connectivity index (χ0v) is 24.6. The lowest BCUT2D eigenvalue weighted by atomic mass is 9.74. The van der Waals surface area contributed by atoms with Gasteiger partial charge in [-0.25, -0.2) is 17.2 Å². The van der Waals surface area contributed by atoms with Crippen LogP contribution in [-0.4, -0.2) is 55.2 Å². The first-order chi connectivity index (χ1) is 20.8. The summed E-state index contributed by atoms with van der Waals surface area (Å²) >= 11 is 0. The molecule has 2 aliphatic carbocycles. The van der Waals surface area contributed by atoms with Crippen LogP contribution in [0.15, 0.2) is 47.4 Å². The molecule has 15 heteroatoms. The molecule has 1 N–H and O–H groups in total. The summed E-state index contributed by atoms with van der Waals surface area (Å²) in [7, 11) is -4.60. The van der Waals surface area contributed by atoms with Gasteiger partial charge in [-0.1, -0.05) is 25.1 Å². The topological polar surface area (TPSA) is 91.8 Å². The maximum absolute atomic E-state index is 15.0. The largest absolute Gasteiger partial charge is 0.481 e. The average molecular weight is 668 g/mol. The second-order valence-electron chi connectivity index (χ2n) is 12.1. The molecule has 0 aromatic heterocycles. The Morgan fingerprint density at radius 3 is 2.11 bits per heavy atom. The van der Waals surface area contributed by atoms with E-state index in [-0.39, 0.29) is 73.1 Å². The van der Waals surface area contributed by atoms with Crippen molar-refractivity contribution in [3.63, 3.8) is 0 Å². The predicted octanol–water partition coefficient (Wildman–Crippen LogP) is 6.47. The Bertz CT molecular complexity index is 1590. The fourth-order valence-corrected chi connectivity index (χ4v) is 9.91. The Hall–Kier alpha value is -3.23. The third-order valence-corrected chi connectivity index (χ3v) is 12.3. The van der Waals surface area contributed by atoms with Crippen LogP contribution in [0.1, 0.15) is 55.7 Å². The highest BCUT2D eigenvalue weighted by Crippen LogP contribution is 2.57. The molecular formula is C30H29F8NO5S. The number of aryl methyl sites for hydroxylation is 1. The Morgan fingerprint density at radius 2 is 1.56 bits per heavy atom. The van der Waals surface area contributed by atoms with E-state index in [4.69, 9.17) is 0 Å². The molecule has 6 nitrogen and oxygen atoms in total. The molecule has 1 aliphatic heterocycles. The number of carboxylic acids is 1. The highest BCUT2D eigenvalue weighted by molar-refractivity contribution is 7.92. The lowest BCUT2D eigenvalue weighted by molar-refractivity contribution is -0.348. The number of aliphatic carboxylic acids is 1. The molecule has 5 atom stereocenters. The van der Waals surface area contributed by atoms with E-state index in [1.807, 2.05) is 0 Å². The van der Waals surface area contributed by atoms with Gasteiger partial charge in [0, 0.05) is 18.0 Å². The molecule has 0 unspecified atom stereocenters. The normalized spacial score (nSPS) is 27.5. The minimum atomic E-state index is -6.37. The quantitative estimate of drug-likeness (QED) is 0.292. The third kappa shape index (κ3) is 4.99. The molecule has 2 aromatic rings. The van der Waals surface area contributed by atoms with Gasteiger partial charge in [-0.15, -0.1) is 0 Å². The van der Waals surface area contributed by atoms with Crippen molar-refractivity contribution in [1.29, 1.82) is 0 Å². The van der Waals surface area contributed by atoms with E-state index >= 15 is 0 Å². The van der Waals surface area contributed by atoms with Crippen LogP contribution in [0.5, 0.6) is 0 Å². The number of alkyl halides is 7. The monoisotopic (exact) mass is 667 g/mol. The molecule has 1 amide bonds. The van der Waals surface area contributed by atoms with E-state index in [9.17, 15) is 58.2 Å². The van der Waals surface area contributed by atoms with Gasteiger partial charge in [-0.2, -0.15) is 26.3 Å². The summed E-state index contributed by atoms with van der Waals surface area (Å²) in [5, 5.41) is 9.47. The fraction of sp³-hybridized carbons (Fsp3) is 0.533. The van der Waals surface area contributed by atoms with E-state index in [0.717, 1.165) is 30.3 Å². The van der Waals surface area contributed by atoms with Gasteiger partial charge in [-0.05, 0) is 79.8 Å². The predicted molar refractivity (Wildman–Crippen MR) is 143 cm³/mol. The average Bonchev–Trinajstić information content (AvgIpc) is 3.36. The Kier molecular flexibility index (Phi) is 8.06. The third-order valence-electron chi connectivity index (χ3n) is 9.79. The van der Waals surface area contributed by atoms with Gasteiger partial charge in [0.25, 0.3) is 0 Å². The first kappa shape index (κ1) is 33.1. The molecule has 45 heavy (non-hydrogen) atoms. The van der Waals surface area contributed by atoms with E-state index in [1.54, 1.807) is 6.92 Å². The maximum Gasteiger partial charge on any atom is 0.435 e. The summed E-state index contributed by atoms with van der Waals surface area (Å²) in [6, 6.07) is 4.07. The van der Waals surface area contributed by atoms with Crippen molar-refractivity contribution >= 4 is 21.7 Å². The molecule has 1 heterocycles.